The van der Waals surface area contributed by atoms with E-state index in [1.54, 1.807) is 18.2 Å². The number of nitro groups is 1. The van der Waals surface area contributed by atoms with Crippen molar-refractivity contribution < 1.29 is 24.7 Å². The van der Waals surface area contributed by atoms with Gasteiger partial charge in [0.25, 0.3) is 17.5 Å². The summed E-state index contributed by atoms with van der Waals surface area (Å²) >= 11 is 0. The average molecular weight is 407 g/mol. The number of para-hydroxylation sites is 1. The Morgan fingerprint density at radius 3 is 1.90 bits per heavy atom. The second-order valence-corrected chi connectivity index (χ2v) is 6.25. The Morgan fingerprint density at radius 1 is 0.800 bits per heavy atom. The molecule has 0 aliphatic rings. The molecule has 3 aromatic rings. The Morgan fingerprint density at radius 2 is 1.33 bits per heavy atom. The van der Waals surface area contributed by atoms with Crippen LogP contribution in [0.25, 0.3) is 0 Å². The largest absolute Gasteiger partial charge is 0.364 e. The molecule has 0 bridgehead atoms. The van der Waals surface area contributed by atoms with Crippen molar-refractivity contribution >= 4 is 28.9 Å². The fourth-order valence-electron chi connectivity index (χ4n) is 2.67. The molecule has 152 valence electrons. The maximum atomic E-state index is 12.4. The molecule has 0 saturated heterocycles. The quantitative estimate of drug-likeness (QED) is 0.281. The molecule has 9 heteroatoms. The molecule has 0 aliphatic carbocycles. The first-order valence-corrected chi connectivity index (χ1v) is 8.77. The van der Waals surface area contributed by atoms with Gasteiger partial charge < -0.3 is 20.8 Å². The summed E-state index contributed by atoms with van der Waals surface area (Å²) in [5.41, 5.74) is 1.30. The highest BCUT2D eigenvalue weighted by molar-refractivity contribution is 6.06. The van der Waals surface area contributed by atoms with Gasteiger partial charge in [-0.1, -0.05) is 18.2 Å². The molecule has 0 aromatic heterocycles. The molecule has 9 nitrogen and oxygen atoms in total. The molecule has 0 aliphatic heterocycles. The van der Waals surface area contributed by atoms with Crippen LogP contribution in [-0.2, 0) is 0 Å². The van der Waals surface area contributed by atoms with E-state index in [0.29, 0.717) is 11.3 Å². The van der Waals surface area contributed by atoms with Gasteiger partial charge in [0.2, 0.25) is 0 Å². The van der Waals surface area contributed by atoms with Crippen LogP contribution in [0.1, 0.15) is 32.6 Å². The number of rotatable bonds is 6. The predicted molar refractivity (Wildman–Crippen MR) is 109 cm³/mol. The minimum Gasteiger partial charge on any atom is -0.364 e. The summed E-state index contributed by atoms with van der Waals surface area (Å²) in [6.45, 7) is 0. The number of non-ortho nitro benzene ring substituents is 1. The molecule has 4 N–H and O–H groups in total. The van der Waals surface area contributed by atoms with E-state index in [4.69, 9.17) is 0 Å². The van der Waals surface area contributed by atoms with Gasteiger partial charge in [0.1, 0.15) is 0 Å². The Balaban J connectivity index is 1.66. The lowest BCUT2D eigenvalue weighted by Crippen LogP contribution is -2.15. The first kappa shape index (κ1) is 20.6. The molecule has 0 spiro atoms. The number of nitrogens with one attached hydrogen (secondary N) is 2. The van der Waals surface area contributed by atoms with Gasteiger partial charge in [-0.3, -0.25) is 19.7 Å². The molecule has 3 rings (SSSR count). The van der Waals surface area contributed by atoms with Crippen molar-refractivity contribution in [3.8, 4) is 0 Å². The van der Waals surface area contributed by atoms with Gasteiger partial charge >= 0.3 is 0 Å². The molecule has 0 radical (unpaired) electrons. The van der Waals surface area contributed by atoms with Gasteiger partial charge in [-0.25, -0.2) is 0 Å². The fourth-order valence-corrected chi connectivity index (χ4v) is 2.67. The van der Waals surface area contributed by atoms with E-state index in [2.05, 4.69) is 10.6 Å². The van der Waals surface area contributed by atoms with Crippen molar-refractivity contribution in [2.24, 2.45) is 0 Å². The van der Waals surface area contributed by atoms with Crippen LogP contribution in [0.5, 0.6) is 0 Å². The third kappa shape index (κ3) is 4.85. The number of aliphatic hydroxyl groups excluding tert-OH is 1. The van der Waals surface area contributed by atoms with Crippen LogP contribution >= 0.6 is 0 Å². The number of nitrogens with zero attached hydrogens (tertiary/aromatic N) is 1. The lowest BCUT2D eigenvalue weighted by atomic mass is 10.1. The maximum Gasteiger partial charge on any atom is 0.269 e. The summed E-state index contributed by atoms with van der Waals surface area (Å²) in [4.78, 5) is 34.8. The Bertz CT molecular complexity index is 1080. The number of carbonyl (C=O) groups is 2. The van der Waals surface area contributed by atoms with Crippen molar-refractivity contribution in [1.82, 2.24) is 0 Å². The van der Waals surface area contributed by atoms with Crippen LogP contribution in [0.3, 0.4) is 0 Å². The van der Waals surface area contributed by atoms with E-state index in [1.807, 2.05) is 0 Å². The topological polar surface area (TPSA) is 142 Å². The average Bonchev–Trinajstić information content (AvgIpc) is 2.74. The van der Waals surface area contributed by atoms with Gasteiger partial charge in [0.15, 0.2) is 6.29 Å². The predicted octanol–water partition coefficient (Wildman–Crippen LogP) is 3.08. The number of aliphatic hydroxyl groups is 2. The van der Waals surface area contributed by atoms with Crippen molar-refractivity contribution in [3.05, 3.63) is 99.6 Å². The fraction of sp³-hybridized carbons (Fsp3) is 0.0476. The van der Waals surface area contributed by atoms with Crippen LogP contribution in [0.2, 0.25) is 0 Å². The van der Waals surface area contributed by atoms with Crippen molar-refractivity contribution in [1.29, 1.82) is 0 Å². The number of carbonyl (C=O) groups excluding carboxylic acids is 2. The third-order valence-electron chi connectivity index (χ3n) is 4.23. The second-order valence-electron chi connectivity index (χ2n) is 6.25. The summed E-state index contributed by atoms with van der Waals surface area (Å²) in [6, 6.07) is 17.5. The smallest absolute Gasteiger partial charge is 0.269 e. The molecule has 0 saturated carbocycles. The van der Waals surface area contributed by atoms with Crippen molar-refractivity contribution in [2.45, 2.75) is 6.29 Å². The van der Waals surface area contributed by atoms with Crippen LogP contribution in [0.15, 0.2) is 72.8 Å². The molecule has 30 heavy (non-hydrogen) atoms. The Kier molecular flexibility index (Phi) is 6.16. The van der Waals surface area contributed by atoms with Crippen LogP contribution in [0, 0.1) is 10.1 Å². The number of hydrogen-bond acceptors (Lipinski definition) is 6. The number of anilines is 2. The lowest BCUT2D eigenvalue weighted by Gasteiger charge is -2.12. The highest BCUT2D eigenvalue weighted by atomic mass is 16.6. The second kappa shape index (κ2) is 8.95. The monoisotopic (exact) mass is 407 g/mol. The first-order chi connectivity index (χ1) is 14.3. The normalized spacial score (nSPS) is 10.5. The summed E-state index contributed by atoms with van der Waals surface area (Å²) in [7, 11) is 0. The molecular formula is C21H17N3O6. The van der Waals surface area contributed by atoms with Crippen molar-refractivity contribution in [2.75, 3.05) is 10.6 Å². The molecule has 0 fully saturated rings. The highest BCUT2D eigenvalue weighted by Crippen LogP contribution is 2.22. The summed E-state index contributed by atoms with van der Waals surface area (Å²) < 4.78 is 0. The summed E-state index contributed by atoms with van der Waals surface area (Å²) in [5, 5.41) is 34.7. The zero-order chi connectivity index (χ0) is 21.7. The van der Waals surface area contributed by atoms with Crippen LogP contribution in [-0.4, -0.2) is 27.0 Å². The van der Waals surface area contributed by atoms with Crippen molar-refractivity contribution in [3.63, 3.8) is 0 Å². The zero-order valence-electron chi connectivity index (χ0n) is 15.5. The third-order valence-corrected chi connectivity index (χ3v) is 4.23. The molecule has 0 heterocycles. The first-order valence-electron chi connectivity index (χ1n) is 8.77. The van der Waals surface area contributed by atoms with Gasteiger partial charge in [0.05, 0.1) is 4.92 Å². The van der Waals surface area contributed by atoms with Gasteiger partial charge in [-0.2, -0.15) is 0 Å². The van der Waals surface area contributed by atoms with E-state index in [9.17, 15) is 29.9 Å². The van der Waals surface area contributed by atoms with Gasteiger partial charge in [-0.05, 0) is 42.5 Å². The lowest BCUT2D eigenvalue weighted by molar-refractivity contribution is -0.384. The van der Waals surface area contributed by atoms with Crippen LogP contribution < -0.4 is 10.6 Å². The zero-order valence-corrected chi connectivity index (χ0v) is 15.5. The minimum absolute atomic E-state index is 0.114. The molecule has 0 unspecified atom stereocenters. The molecule has 2 amide bonds. The van der Waals surface area contributed by atoms with E-state index in [0.717, 1.165) is 0 Å². The van der Waals surface area contributed by atoms with E-state index < -0.39 is 23.0 Å². The van der Waals surface area contributed by atoms with Gasteiger partial charge in [0, 0.05) is 40.2 Å². The Labute approximate surface area is 170 Å². The standard InChI is InChI=1S/C21H17N3O6/c25-19(14-7-11-16(12-8-14)24(29)30)22-15-9-5-13(6-10-15)20(26)23-18-4-2-1-3-17(18)21(27)28/h1-12,21,27-28H,(H,22,25)(H,23,26). The number of hydrogen-bond donors (Lipinski definition) is 4. The number of amides is 2. The molecule has 3 aromatic carbocycles. The van der Waals surface area contributed by atoms with E-state index >= 15 is 0 Å². The van der Waals surface area contributed by atoms with Gasteiger partial charge in [-0.15, -0.1) is 0 Å². The Hall–Kier alpha value is -4.08. The SMILES string of the molecule is O=C(Nc1ccc(C(=O)Nc2ccccc2C(O)O)cc1)c1ccc([N+](=O)[O-])cc1. The molecular weight excluding hydrogens is 390 g/mol. The highest BCUT2D eigenvalue weighted by Gasteiger charge is 2.13. The van der Waals surface area contributed by atoms with E-state index in [-0.39, 0.29) is 22.5 Å². The van der Waals surface area contributed by atoms with E-state index in [1.165, 1.54) is 54.6 Å². The van der Waals surface area contributed by atoms with Crippen LogP contribution in [0.4, 0.5) is 17.1 Å². The number of benzene rings is 3. The number of nitro benzene ring substituents is 1. The summed E-state index contributed by atoms with van der Waals surface area (Å²) in [5.74, 6) is -0.913. The molecule has 0 atom stereocenters. The summed E-state index contributed by atoms with van der Waals surface area (Å²) in [6.07, 6.45) is -1.72. The minimum atomic E-state index is -1.72. The maximum absolute atomic E-state index is 12.4.